The molecule has 0 bridgehead atoms. The molecule has 94 valence electrons. The van der Waals surface area contributed by atoms with E-state index in [1.54, 1.807) is 0 Å². The fourth-order valence-corrected chi connectivity index (χ4v) is 1.75. The molecule has 2 nitrogen and oxygen atoms in total. The van der Waals surface area contributed by atoms with Crippen molar-refractivity contribution in [2.75, 3.05) is 0 Å². The largest absolute Gasteiger partial charge is 0.508 e. The highest BCUT2D eigenvalue weighted by atomic mass is 16.3. The zero-order valence-corrected chi connectivity index (χ0v) is 10.9. The van der Waals surface area contributed by atoms with Gasteiger partial charge < -0.3 is 10.2 Å². The summed E-state index contributed by atoms with van der Waals surface area (Å²) in [7, 11) is 0. The molecule has 0 spiro atoms. The van der Waals surface area contributed by atoms with Crippen molar-refractivity contribution in [3.8, 4) is 5.75 Å². The molecule has 1 aromatic rings. The van der Waals surface area contributed by atoms with Crippen LogP contribution in [0.25, 0.3) is 0 Å². The summed E-state index contributed by atoms with van der Waals surface area (Å²) >= 11 is 0. The van der Waals surface area contributed by atoms with E-state index in [1.807, 2.05) is 32.0 Å². The average Bonchev–Trinajstić information content (AvgIpc) is 2.28. The summed E-state index contributed by atoms with van der Waals surface area (Å²) < 4.78 is 0. The van der Waals surface area contributed by atoms with Crippen molar-refractivity contribution < 1.29 is 10.2 Å². The Morgan fingerprint density at radius 1 is 1.35 bits per heavy atom. The minimum absolute atomic E-state index is 0.329. The minimum Gasteiger partial charge on any atom is -0.508 e. The van der Waals surface area contributed by atoms with Crippen molar-refractivity contribution in [2.24, 2.45) is 0 Å². The Balaban J connectivity index is 2.60. The number of phenols is 1. The second-order valence-corrected chi connectivity index (χ2v) is 4.89. The van der Waals surface area contributed by atoms with Gasteiger partial charge in [-0.05, 0) is 49.8 Å². The summed E-state index contributed by atoms with van der Waals surface area (Å²) in [5.74, 6) is 0.672. The van der Waals surface area contributed by atoms with Crippen LogP contribution in [0.2, 0.25) is 0 Å². The van der Waals surface area contributed by atoms with Crippen LogP contribution in [0.15, 0.2) is 30.4 Å². The number of aryl methyl sites for hydroxylation is 1. The lowest BCUT2D eigenvalue weighted by Crippen LogP contribution is -2.08. The van der Waals surface area contributed by atoms with E-state index in [0.29, 0.717) is 18.1 Å². The summed E-state index contributed by atoms with van der Waals surface area (Å²) in [6.45, 7) is 9.57. The van der Waals surface area contributed by atoms with E-state index in [2.05, 4.69) is 13.5 Å². The molecular weight excluding hydrogens is 212 g/mol. The van der Waals surface area contributed by atoms with Crippen LogP contribution >= 0.6 is 0 Å². The maximum absolute atomic E-state index is 9.67. The molecular formula is C15H22O2. The first-order valence-corrected chi connectivity index (χ1v) is 6.04. The first-order chi connectivity index (χ1) is 7.91. The number of rotatable bonds is 5. The molecule has 2 unspecified atom stereocenters. The van der Waals surface area contributed by atoms with Crippen molar-refractivity contribution >= 4 is 0 Å². The fraction of sp³-hybridized carbons (Fsp3) is 0.467. The second kappa shape index (κ2) is 5.87. The number of aliphatic hydroxyl groups is 1. The molecule has 0 aliphatic heterocycles. The molecule has 0 heterocycles. The van der Waals surface area contributed by atoms with Gasteiger partial charge in [-0.1, -0.05) is 31.2 Å². The van der Waals surface area contributed by atoms with Gasteiger partial charge in [0.05, 0.1) is 6.10 Å². The van der Waals surface area contributed by atoms with Crippen LogP contribution in [0.3, 0.4) is 0 Å². The SMILES string of the molecule is C=C(C)C(O)CCC(C)c1ccc(C)c(O)c1. The van der Waals surface area contributed by atoms with Crippen molar-refractivity contribution in [3.63, 3.8) is 0 Å². The van der Waals surface area contributed by atoms with Gasteiger partial charge >= 0.3 is 0 Å². The lowest BCUT2D eigenvalue weighted by Gasteiger charge is -2.16. The fourth-order valence-electron chi connectivity index (χ4n) is 1.75. The Bertz CT molecular complexity index is 396. The van der Waals surface area contributed by atoms with Gasteiger partial charge in [0.1, 0.15) is 5.75 Å². The summed E-state index contributed by atoms with van der Waals surface area (Å²) in [5.41, 5.74) is 2.81. The van der Waals surface area contributed by atoms with E-state index < -0.39 is 6.10 Å². The van der Waals surface area contributed by atoms with Crippen molar-refractivity contribution in [2.45, 2.75) is 45.6 Å². The molecule has 0 saturated heterocycles. The Kier molecular flexibility index (Phi) is 4.76. The topological polar surface area (TPSA) is 40.5 Å². The Morgan fingerprint density at radius 2 is 2.00 bits per heavy atom. The van der Waals surface area contributed by atoms with E-state index in [9.17, 15) is 10.2 Å². The number of hydrogen-bond donors (Lipinski definition) is 2. The molecule has 2 heteroatoms. The number of hydrogen-bond acceptors (Lipinski definition) is 2. The standard InChI is InChI=1S/C15H22O2/c1-10(2)14(16)8-6-11(3)13-7-5-12(4)15(17)9-13/h5,7,9,11,14,16-17H,1,6,8H2,2-4H3. The van der Waals surface area contributed by atoms with Gasteiger partial charge in [-0.2, -0.15) is 0 Å². The lowest BCUT2D eigenvalue weighted by molar-refractivity contribution is 0.195. The van der Waals surface area contributed by atoms with Crippen LogP contribution in [0.5, 0.6) is 5.75 Å². The van der Waals surface area contributed by atoms with Crippen molar-refractivity contribution in [3.05, 3.63) is 41.5 Å². The van der Waals surface area contributed by atoms with Crippen LogP contribution in [0, 0.1) is 6.92 Å². The van der Waals surface area contributed by atoms with Gasteiger partial charge in [-0.3, -0.25) is 0 Å². The van der Waals surface area contributed by atoms with E-state index in [1.165, 1.54) is 0 Å². The number of phenolic OH excluding ortho intramolecular Hbond substituents is 1. The molecule has 0 radical (unpaired) electrons. The predicted octanol–water partition coefficient (Wildman–Crippen LogP) is 3.52. The third-order valence-electron chi connectivity index (χ3n) is 3.24. The van der Waals surface area contributed by atoms with Crippen molar-refractivity contribution in [1.82, 2.24) is 0 Å². The van der Waals surface area contributed by atoms with Gasteiger partial charge in [0, 0.05) is 0 Å². The summed E-state index contributed by atoms with van der Waals surface area (Å²) in [5, 5.41) is 19.3. The highest BCUT2D eigenvalue weighted by Crippen LogP contribution is 2.27. The van der Waals surface area contributed by atoms with E-state index >= 15 is 0 Å². The summed E-state index contributed by atoms with van der Waals surface area (Å²) in [4.78, 5) is 0. The van der Waals surface area contributed by atoms with Gasteiger partial charge in [0.2, 0.25) is 0 Å². The average molecular weight is 234 g/mol. The third kappa shape index (κ3) is 3.90. The normalized spacial score (nSPS) is 14.4. The Labute approximate surface area is 104 Å². The Morgan fingerprint density at radius 3 is 2.53 bits per heavy atom. The molecule has 1 rings (SSSR count). The molecule has 1 aromatic carbocycles. The van der Waals surface area contributed by atoms with Crippen LogP contribution < -0.4 is 0 Å². The maximum Gasteiger partial charge on any atom is 0.118 e. The minimum atomic E-state index is -0.420. The van der Waals surface area contributed by atoms with Gasteiger partial charge in [0.25, 0.3) is 0 Å². The molecule has 0 fully saturated rings. The van der Waals surface area contributed by atoms with Crippen LogP contribution in [-0.2, 0) is 0 Å². The van der Waals surface area contributed by atoms with E-state index in [0.717, 1.165) is 23.1 Å². The number of aliphatic hydroxyl groups excluding tert-OH is 1. The molecule has 0 saturated carbocycles. The molecule has 17 heavy (non-hydrogen) atoms. The second-order valence-electron chi connectivity index (χ2n) is 4.89. The van der Waals surface area contributed by atoms with Crippen LogP contribution in [-0.4, -0.2) is 16.3 Å². The van der Waals surface area contributed by atoms with Crippen LogP contribution in [0.4, 0.5) is 0 Å². The lowest BCUT2D eigenvalue weighted by atomic mass is 9.93. The molecule has 2 N–H and O–H groups in total. The molecule has 0 aromatic heterocycles. The molecule has 0 aliphatic rings. The highest BCUT2D eigenvalue weighted by Gasteiger charge is 2.11. The highest BCUT2D eigenvalue weighted by molar-refractivity contribution is 5.36. The monoisotopic (exact) mass is 234 g/mol. The molecule has 0 amide bonds. The summed E-state index contributed by atoms with van der Waals surface area (Å²) in [6.07, 6.45) is 1.18. The number of benzene rings is 1. The molecule has 0 aliphatic carbocycles. The quantitative estimate of drug-likeness (QED) is 0.765. The van der Waals surface area contributed by atoms with Crippen LogP contribution in [0.1, 0.15) is 43.7 Å². The first-order valence-electron chi connectivity index (χ1n) is 6.04. The maximum atomic E-state index is 9.67. The van der Waals surface area contributed by atoms with Gasteiger partial charge in [-0.15, -0.1) is 0 Å². The zero-order valence-electron chi connectivity index (χ0n) is 10.9. The zero-order chi connectivity index (χ0) is 13.0. The Hall–Kier alpha value is -1.28. The summed E-state index contributed by atoms with van der Waals surface area (Å²) in [6, 6.07) is 5.77. The van der Waals surface area contributed by atoms with Gasteiger partial charge in [-0.25, -0.2) is 0 Å². The van der Waals surface area contributed by atoms with Gasteiger partial charge in [0.15, 0.2) is 0 Å². The predicted molar refractivity (Wildman–Crippen MR) is 71.3 cm³/mol. The number of aromatic hydroxyl groups is 1. The first kappa shape index (κ1) is 13.8. The van der Waals surface area contributed by atoms with E-state index in [4.69, 9.17) is 0 Å². The van der Waals surface area contributed by atoms with Crippen molar-refractivity contribution in [1.29, 1.82) is 0 Å². The van der Waals surface area contributed by atoms with E-state index in [-0.39, 0.29) is 0 Å². The smallest absolute Gasteiger partial charge is 0.118 e. The third-order valence-corrected chi connectivity index (χ3v) is 3.24. The molecule has 2 atom stereocenters.